The molecule has 0 bridgehead atoms. The molecule has 1 nitrogen and oxygen atoms in total. The molecule has 1 aromatic rings. The second kappa shape index (κ2) is 13.4. The number of phenols is 1. The third kappa shape index (κ3) is 9.00. The third-order valence-electron chi connectivity index (χ3n) is 3.04. The normalized spacial score (nSPS) is 9.39. The van der Waals surface area contributed by atoms with Crippen LogP contribution in [-0.4, -0.2) is 5.11 Å². The Morgan fingerprint density at radius 1 is 0.889 bits per heavy atom. The molecule has 3 heteroatoms. The third-order valence-corrected chi connectivity index (χ3v) is 3.04. The van der Waals surface area contributed by atoms with Crippen LogP contribution in [-0.2, 0) is 27.5 Å². The van der Waals surface area contributed by atoms with E-state index in [0.29, 0.717) is 5.75 Å². The molecule has 18 heavy (non-hydrogen) atoms. The van der Waals surface area contributed by atoms with E-state index in [1.807, 2.05) is 18.2 Å². The SMILES string of the molecule is CCCCCCCCCc1ccccc1O.Cl.[W]. The molecule has 0 radical (unpaired) electrons. The van der Waals surface area contributed by atoms with Gasteiger partial charge >= 0.3 is 0 Å². The van der Waals surface area contributed by atoms with Gasteiger partial charge in [0.1, 0.15) is 5.75 Å². The molecule has 104 valence electrons. The van der Waals surface area contributed by atoms with Crippen molar-refractivity contribution in [3.63, 3.8) is 0 Å². The van der Waals surface area contributed by atoms with Gasteiger partial charge in [0, 0.05) is 21.1 Å². The number of halogens is 1. The van der Waals surface area contributed by atoms with Crippen LogP contribution in [0.25, 0.3) is 0 Å². The Bertz CT molecular complexity index is 292. The number of hydrogen-bond donors (Lipinski definition) is 1. The smallest absolute Gasteiger partial charge is 0.118 e. The van der Waals surface area contributed by atoms with Crippen molar-refractivity contribution in [1.29, 1.82) is 0 Å². The van der Waals surface area contributed by atoms with Crippen molar-refractivity contribution in [2.75, 3.05) is 0 Å². The van der Waals surface area contributed by atoms with Crippen LogP contribution >= 0.6 is 12.4 Å². The second-order valence-corrected chi connectivity index (χ2v) is 4.50. The molecule has 0 spiro atoms. The number of aryl methyl sites for hydroxylation is 1. The maximum absolute atomic E-state index is 9.58. The Kier molecular flexibility index (Phi) is 15.2. The molecule has 1 N–H and O–H groups in total. The van der Waals surface area contributed by atoms with Crippen molar-refractivity contribution in [2.45, 2.75) is 58.3 Å². The van der Waals surface area contributed by atoms with Crippen molar-refractivity contribution in [3.05, 3.63) is 29.8 Å². The van der Waals surface area contributed by atoms with Gasteiger partial charge in [-0.2, -0.15) is 0 Å². The van der Waals surface area contributed by atoms with Gasteiger partial charge in [-0.3, -0.25) is 0 Å². The summed E-state index contributed by atoms with van der Waals surface area (Å²) >= 11 is 0. The molecule has 0 amide bonds. The molecule has 0 atom stereocenters. The first-order valence-corrected chi connectivity index (χ1v) is 6.61. The van der Waals surface area contributed by atoms with Gasteiger partial charge in [-0.25, -0.2) is 0 Å². The average molecular weight is 441 g/mol. The molecule has 0 saturated carbocycles. The van der Waals surface area contributed by atoms with E-state index < -0.39 is 0 Å². The summed E-state index contributed by atoms with van der Waals surface area (Å²) in [5.41, 5.74) is 1.09. The quantitative estimate of drug-likeness (QED) is 0.557. The van der Waals surface area contributed by atoms with Gasteiger partial charge in [0.15, 0.2) is 0 Å². The summed E-state index contributed by atoms with van der Waals surface area (Å²) in [7, 11) is 0. The number of unbranched alkanes of at least 4 members (excludes halogenated alkanes) is 6. The van der Waals surface area contributed by atoms with Gasteiger partial charge in [-0.1, -0.05) is 63.6 Å². The first-order valence-electron chi connectivity index (χ1n) is 6.61. The molecular formula is C15H25ClOW. The molecule has 0 heterocycles. The van der Waals surface area contributed by atoms with E-state index >= 15 is 0 Å². The summed E-state index contributed by atoms with van der Waals surface area (Å²) < 4.78 is 0. The summed E-state index contributed by atoms with van der Waals surface area (Å²) in [5, 5.41) is 9.58. The summed E-state index contributed by atoms with van der Waals surface area (Å²) in [6.45, 7) is 2.25. The van der Waals surface area contributed by atoms with Gasteiger partial charge in [0.2, 0.25) is 0 Å². The second-order valence-electron chi connectivity index (χ2n) is 4.50. The summed E-state index contributed by atoms with van der Waals surface area (Å²) in [5.74, 6) is 0.452. The van der Waals surface area contributed by atoms with Crippen LogP contribution in [0.2, 0.25) is 0 Å². The Balaban J connectivity index is 0. The molecule has 0 aliphatic carbocycles. The van der Waals surface area contributed by atoms with Crippen LogP contribution in [0.3, 0.4) is 0 Å². The van der Waals surface area contributed by atoms with Crippen LogP contribution in [0.1, 0.15) is 57.4 Å². The van der Waals surface area contributed by atoms with Crippen molar-refractivity contribution in [3.8, 4) is 5.75 Å². The maximum atomic E-state index is 9.58. The number of aromatic hydroxyl groups is 1. The fourth-order valence-electron chi connectivity index (χ4n) is 1.99. The zero-order chi connectivity index (χ0) is 11.6. The van der Waals surface area contributed by atoms with Gasteiger partial charge in [0.05, 0.1) is 0 Å². The Morgan fingerprint density at radius 2 is 1.44 bits per heavy atom. The maximum Gasteiger partial charge on any atom is 0.118 e. The predicted molar refractivity (Wildman–Crippen MR) is 77.1 cm³/mol. The molecule has 0 unspecified atom stereocenters. The van der Waals surface area contributed by atoms with Crippen molar-refractivity contribution < 1.29 is 26.2 Å². The van der Waals surface area contributed by atoms with E-state index in [0.717, 1.165) is 12.0 Å². The van der Waals surface area contributed by atoms with Gasteiger partial charge < -0.3 is 5.11 Å². The van der Waals surface area contributed by atoms with E-state index in [9.17, 15) is 5.11 Å². The molecule has 0 aliphatic heterocycles. The van der Waals surface area contributed by atoms with Gasteiger partial charge in [-0.15, -0.1) is 12.4 Å². The Labute approximate surface area is 132 Å². The number of hydrogen-bond acceptors (Lipinski definition) is 1. The fraction of sp³-hybridized carbons (Fsp3) is 0.600. The minimum absolute atomic E-state index is 0. The molecule has 0 fully saturated rings. The topological polar surface area (TPSA) is 20.2 Å². The molecule has 0 saturated heterocycles. The van der Waals surface area contributed by atoms with Crippen LogP contribution in [0, 0.1) is 0 Å². The van der Waals surface area contributed by atoms with E-state index in [1.165, 1.54) is 44.9 Å². The monoisotopic (exact) mass is 440 g/mol. The van der Waals surface area contributed by atoms with Crippen LogP contribution in [0.15, 0.2) is 24.3 Å². The van der Waals surface area contributed by atoms with E-state index in [4.69, 9.17) is 0 Å². The minimum atomic E-state index is 0. The zero-order valence-electron chi connectivity index (χ0n) is 11.2. The molecule has 0 aromatic heterocycles. The average Bonchev–Trinajstić information content (AvgIpc) is 2.30. The first kappa shape index (κ1) is 20.3. The molecule has 0 aliphatic rings. The van der Waals surface area contributed by atoms with Crippen molar-refractivity contribution in [1.82, 2.24) is 0 Å². The minimum Gasteiger partial charge on any atom is -0.508 e. The largest absolute Gasteiger partial charge is 0.508 e. The summed E-state index contributed by atoms with van der Waals surface area (Å²) in [6.07, 6.45) is 10.3. The van der Waals surface area contributed by atoms with Crippen LogP contribution in [0.4, 0.5) is 0 Å². The standard InChI is InChI=1S/C15H24O.ClH.W/c1-2-3-4-5-6-7-8-11-14-12-9-10-13-15(14)16;;/h9-10,12-13,16H,2-8,11H2,1H3;1H;. The molecule has 1 rings (SSSR count). The van der Waals surface area contributed by atoms with Crippen molar-refractivity contribution in [2.24, 2.45) is 0 Å². The molecular weight excluding hydrogens is 415 g/mol. The predicted octanol–water partition coefficient (Wildman–Crippen LogP) is 5.10. The van der Waals surface area contributed by atoms with Gasteiger partial charge in [0.25, 0.3) is 0 Å². The van der Waals surface area contributed by atoms with Crippen LogP contribution in [0.5, 0.6) is 5.75 Å². The first-order chi connectivity index (χ1) is 7.84. The number of phenolic OH excluding ortho intramolecular Hbond substituents is 1. The Morgan fingerprint density at radius 3 is 2.06 bits per heavy atom. The van der Waals surface area contributed by atoms with E-state index in [2.05, 4.69) is 6.92 Å². The molecule has 1 aromatic carbocycles. The summed E-state index contributed by atoms with van der Waals surface area (Å²) in [4.78, 5) is 0. The van der Waals surface area contributed by atoms with E-state index in [1.54, 1.807) is 6.07 Å². The van der Waals surface area contributed by atoms with Crippen molar-refractivity contribution >= 4 is 12.4 Å². The number of benzene rings is 1. The number of rotatable bonds is 8. The number of para-hydroxylation sites is 1. The van der Waals surface area contributed by atoms with E-state index in [-0.39, 0.29) is 33.5 Å². The van der Waals surface area contributed by atoms with Crippen LogP contribution < -0.4 is 0 Å². The fourth-order valence-corrected chi connectivity index (χ4v) is 1.99. The summed E-state index contributed by atoms with van der Waals surface area (Å²) in [6, 6.07) is 7.67. The van der Waals surface area contributed by atoms with Gasteiger partial charge in [-0.05, 0) is 24.5 Å². The zero-order valence-corrected chi connectivity index (χ0v) is 15.0. The Hall–Kier alpha value is -0.00169.